The van der Waals surface area contributed by atoms with Gasteiger partial charge >= 0.3 is 5.97 Å². The Balaban J connectivity index is 2.54. The van der Waals surface area contributed by atoms with Gasteiger partial charge in [0.2, 0.25) is 0 Å². The number of carboxylic acids is 1. The van der Waals surface area contributed by atoms with E-state index in [2.05, 4.69) is 6.58 Å². The molecule has 1 atom stereocenters. The van der Waals surface area contributed by atoms with Gasteiger partial charge in [0, 0.05) is 5.38 Å². The highest BCUT2D eigenvalue weighted by Gasteiger charge is 2.10. The average molecular weight is 239 g/mol. The summed E-state index contributed by atoms with van der Waals surface area (Å²) in [6, 6.07) is 7.99. The van der Waals surface area contributed by atoms with Crippen molar-refractivity contribution in [1.82, 2.24) is 0 Å². The Hall–Kier alpha value is -1.28. The van der Waals surface area contributed by atoms with Gasteiger partial charge in [0.25, 0.3) is 0 Å². The molecular formula is C13H15ClO2. The number of rotatable bonds is 6. The van der Waals surface area contributed by atoms with E-state index >= 15 is 0 Å². The van der Waals surface area contributed by atoms with Crippen LogP contribution in [0.4, 0.5) is 0 Å². The van der Waals surface area contributed by atoms with Crippen LogP contribution < -0.4 is 0 Å². The fourth-order valence-corrected chi connectivity index (χ4v) is 1.81. The summed E-state index contributed by atoms with van der Waals surface area (Å²) >= 11 is 5.91. The van der Waals surface area contributed by atoms with Crippen LogP contribution >= 0.6 is 11.6 Å². The molecule has 0 fully saturated rings. The second kappa shape index (κ2) is 6.33. The van der Waals surface area contributed by atoms with Crippen LogP contribution in [0.3, 0.4) is 0 Å². The molecule has 1 aromatic rings. The van der Waals surface area contributed by atoms with Gasteiger partial charge < -0.3 is 5.11 Å². The highest BCUT2D eigenvalue weighted by atomic mass is 35.5. The largest absolute Gasteiger partial charge is 0.481 e. The summed E-state index contributed by atoms with van der Waals surface area (Å²) in [6.45, 7) is 3.67. The molecule has 0 heterocycles. The number of aliphatic carboxylic acids is 1. The predicted octanol–water partition coefficient (Wildman–Crippen LogP) is 3.04. The first-order valence-corrected chi connectivity index (χ1v) is 5.60. The van der Waals surface area contributed by atoms with Gasteiger partial charge in [-0.3, -0.25) is 4.79 Å². The minimum absolute atomic E-state index is 0.00400. The molecule has 0 bridgehead atoms. The molecule has 0 aliphatic carbocycles. The van der Waals surface area contributed by atoms with Gasteiger partial charge in [-0.1, -0.05) is 30.3 Å². The van der Waals surface area contributed by atoms with Crippen LogP contribution in [-0.4, -0.2) is 16.5 Å². The first-order chi connectivity index (χ1) is 7.61. The lowest BCUT2D eigenvalue weighted by molar-refractivity contribution is -0.137. The van der Waals surface area contributed by atoms with Crippen LogP contribution in [0.2, 0.25) is 0 Å². The van der Waals surface area contributed by atoms with Crippen LogP contribution in [0.25, 0.3) is 0 Å². The molecular weight excluding hydrogens is 224 g/mol. The number of alkyl halides is 1. The zero-order valence-electron chi connectivity index (χ0n) is 9.03. The summed E-state index contributed by atoms with van der Waals surface area (Å²) in [5.41, 5.74) is 2.26. The van der Waals surface area contributed by atoms with E-state index in [1.54, 1.807) is 0 Å². The van der Waals surface area contributed by atoms with Crippen LogP contribution in [0, 0.1) is 0 Å². The van der Waals surface area contributed by atoms with E-state index in [1.165, 1.54) is 5.56 Å². The lowest BCUT2D eigenvalue weighted by Gasteiger charge is -2.07. The molecule has 16 heavy (non-hydrogen) atoms. The van der Waals surface area contributed by atoms with Crippen LogP contribution in [0.15, 0.2) is 36.9 Å². The van der Waals surface area contributed by atoms with E-state index in [0.717, 1.165) is 12.0 Å². The maximum Gasteiger partial charge on any atom is 0.304 e. The SMILES string of the molecule is C=CCc1ccc(CC(Cl)CC(=O)O)cc1. The van der Waals surface area contributed by atoms with Crippen molar-refractivity contribution in [2.75, 3.05) is 0 Å². The second-order valence-electron chi connectivity index (χ2n) is 3.71. The fraction of sp³-hybridized carbons (Fsp3) is 0.308. The topological polar surface area (TPSA) is 37.3 Å². The van der Waals surface area contributed by atoms with Crippen molar-refractivity contribution < 1.29 is 9.90 Å². The van der Waals surface area contributed by atoms with E-state index in [9.17, 15) is 4.79 Å². The van der Waals surface area contributed by atoms with Crippen molar-refractivity contribution >= 4 is 17.6 Å². The second-order valence-corrected chi connectivity index (χ2v) is 4.33. The molecule has 1 N–H and O–H groups in total. The van der Waals surface area contributed by atoms with Crippen LogP contribution in [0.5, 0.6) is 0 Å². The third-order valence-corrected chi connectivity index (χ3v) is 2.56. The van der Waals surface area contributed by atoms with E-state index in [4.69, 9.17) is 16.7 Å². The summed E-state index contributed by atoms with van der Waals surface area (Å²) < 4.78 is 0. The standard InChI is InChI=1S/C13H15ClO2/c1-2-3-10-4-6-11(7-5-10)8-12(14)9-13(15)16/h2,4-7,12H,1,3,8-9H2,(H,15,16). The first kappa shape index (κ1) is 12.8. The fourth-order valence-electron chi connectivity index (χ4n) is 1.50. The first-order valence-electron chi connectivity index (χ1n) is 5.16. The Morgan fingerprint density at radius 1 is 1.38 bits per heavy atom. The number of hydrogen-bond acceptors (Lipinski definition) is 1. The Morgan fingerprint density at radius 2 is 1.94 bits per heavy atom. The molecule has 0 spiro atoms. The molecule has 0 saturated carbocycles. The number of halogens is 1. The van der Waals surface area contributed by atoms with Crippen molar-refractivity contribution in [3.8, 4) is 0 Å². The molecule has 0 radical (unpaired) electrons. The van der Waals surface area contributed by atoms with Crippen molar-refractivity contribution in [3.05, 3.63) is 48.0 Å². The van der Waals surface area contributed by atoms with Gasteiger partial charge in [-0.05, 0) is 24.0 Å². The number of benzene rings is 1. The van der Waals surface area contributed by atoms with Gasteiger partial charge in [-0.25, -0.2) is 0 Å². The van der Waals surface area contributed by atoms with Crippen LogP contribution in [-0.2, 0) is 17.6 Å². The normalized spacial score (nSPS) is 12.1. The lowest BCUT2D eigenvalue weighted by atomic mass is 10.0. The Morgan fingerprint density at radius 3 is 2.44 bits per heavy atom. The van der Waals surface area contributed by atoms with E-state index in [-0.39, 0.29) is 11.8 Å². The number of hydrogen-bond donors (Lipinski definition) is 1. The molecule has 0 aliphatic heterocycles. The van der Waals surface area contributed by atoms with Gasteiger partial charge in [0.1, 0.15) is 0 Å². The van der Waals surface area contributed by atoms with Gasteiger partial charge in [0.15, 0.2) is 0 Å². The van der Waals surface area contributed by atoms with Gasteiger partial charge in [-0.15, -0.1) is 18.2 Å². The molecule has 1 unspecified atom stereocenters. The summed E-state index contributed by atoms with van der Waals surface area (Å²) in [5.74, 6) is -0.858. The molecule has 1 aromatic carbocycles. The maximum atomic E-state index is 10.4. The van der Waals surface area contributed by atoms with Crippen molar-refractivity contribution in [1.29, 1.82) is 0 Å². The summed E-state index contributed by atoms with van der Waals surface area (Å²) in [6.07, 6.45) is 3.28. The van der Waals surface area contributed by atoms with Gasteiger partial charge in [-0.2, -0.15) is 0 Å². The highest BCUT2D eigenvalue weighted by molar-refractivity contribution is 6.21. The number of allylic oxidation sites excluding steroid dienone is 1. The monoisotopic (exact) mass is 238 g/mol. The highest BCUT2D eigenvalue weighted by Crippen LogP contribution is 2.13. The Labute approximate surface area is 101 Å². The van der Waals surface area contributed by atoms with E-state index < -0.39 is 5.97 Å². The van der Waals surface area contributed by atoms with E-state index in [0.29, 0.717) is 6.42 Å². The summed E-state index contributed by atoms with van der Waals surface area (Å²) in [5, 5.41) is 8.24. The smallest absolute Gasteiger partial charge is 0.304 e. The Bertz CT molecular complexity index is 357. The molecule has 86 valence electrons. The maximum absolute atomic E-state index is 10.4. The Kier molecular flexibility index (Phi) is 5.06. The quantitative estimate of drug-likeness (QED) is 0.611. The minimum Gasteiger partial charge on any atom is -0.481 e. The van der Waals surface area contributed by atoms with Crippen LogP contribution in [0.1, 0.15) is 17.5 Å². The zero-order chi connectivity index (χ0) is 12.0. The summed E-state index contributed by atoms with van der Waals surface area (Å²) in [4.78, 5) is 10.4. The minimum atomic E-state index is -0.858. The van der Waals surface area contributed by atoms with Crippen molar-refractivity contribution in [2.45, 2.75) is 24.6 Å². The third-order valence-electron chi connectivity index (χ3n) is 2.26. The van der Waals surface area contributed by atoms with Crippen molar-refractivity contribution in [2.24, 2.45) is 0 Å². The molecule has 0 amide bonds. The lowest BCUT2D eigenvalue weighted by Crippen LogP contribution is -2.09. The molecule has 2 nitrogen and oxygen atoms in total. The third kappa shape index (κ3) is 4.49. The molecule has 0 aliphatic rings. The summed E-state index contributed by atoms with van der Waals surface area (Å²) in [7, 11) is 0. The molecule has 3 heteroatoms. The predicted molar refractivity (Wildman–Crippen MR) is 65.9 cm³/mol. The number of carboxylic acid groups (broad SMARTS) is 1. The zero-order valence-corrected chi connectivity index (χ0v) is 9.78. The molecule has 1 rings (SSSR count). The average Bonchev–Trinajstić information content (AvgIpc) is 2.20. The number of carbonyl (C=O) groups is 1. The van der Waals surface area contributed by atoms with Gasteiger partial charge in [0.05, 0.1) is 6.42 Å². The molecule has 0 saturated heterocycles. The van der Waals surface area contributed by atoms with E-state index in [1.807, 2.05) is 30.3 Å². The van der Waals surface area contributed by atoms with Crippen molar-refractivity contribution in [3.63, 3.8) is 0 Å². The molecule has 0 aromatic heterocycles.